The van der Waals surface area contributed by atoms with E-state index < -0.39 is 0 Å². The summed E-state index contributed by atoms with van der Waals surface area (Å²) >= 11 is 0. The zero-order chi connectivity index (χ0) is 18.4. The lowest BCUT2D eigenvalue weighted by molar-refractivity contribution is -0.124. The fourth-order valence-corrected chi connectivity index (χ4v) is 2.62. The molecule has 136 valence electrons. The van der Waals surface area contributed by atoms with Crippen molar-refractivity contribution in [2.24, 2.45) is 0 Å². The van der Waals surface area contributed by atoms with Crippen LogP contribution < -0.4 is 15.4 Å². The van der Waals surface area contributed by atoms with Gasteiger partial charge in [0.2, 0.25) is 0 Å². The summed E-state index contributed by atoms with van der Waals surface area (Å²) in [7, 11) is 0. The Kier molecular flexibility index (Phi) is 5.86. The molecule has 2 aromatic carbocycles. The minimum atomic E-state index is -0.367. The van der Waals surface area contributed by atoms with Crippen LogP contribution in [-0.2, 0) is 14.3 Å². The van der Waals surface area contributed by atoms with E-state index in [1.807, 2.05) is 31.2 Å². The molecule has 0 bridgehead atoms. The van der Waals surface area contributed by atoms with E-state index in [0.717, 1.165) is 18.4 Å². The van der Waals surface area contributed by atoms with Gasteiger partial charge in [0.15, 0.2) is 6.61 Å². The SMILES string of the molecule is Cc1ccc(OCC(=O)Nc2ccc(NC(=O)C3CCCO3)cc2)cc1. The molecule has 1 saturated heterocycles. The van der Waals surface area contributed by atoms with Crippen LogP contribution in [0.4, 0.5) is 11.4 Å². The van der Waals surface area contributed by atoms with Crippen LogP contribution in [0.2, 0.25) is 0 Å². The molecule has 2 aromatic rings. The molecule has 0 aromatic heterocycles. The molecule has 1 fully saturated rings. The fraction of sp³-hybridized carbons (Fsp3) is 0.300. The first-order valence-electron chi connectivity index (χ1n) is 8.62. The van der Waals surface area contributed by atoms with E-state index in [-0.39, 0.29) is 24.5 Å². The van der Waals surface area contributed by atoms with Crippen molar-refractivity contribution < 1.29 is 19.1 Å². The number of carbonyl (C=O) groups is 2. The molecule has 6 heteroatoms. The fourth-order valence-electron chi connectivity index (χ4n) is 2.62. The number of ether oxygens (including phenoxy) is 2. The van der Waals surface area contributed by atoms with Crippen molar-refractivity contribution in [3.05, 3.63) is 54.1 Å². The number of carbonyl (C=O) groups excluding carboxylic acids is 2. The van der Waals surface area contributed by atoms with Crippen molar-refractivity contribution in [1.29, 1.82) is 0 Å². The lowest BCUT2D eigenvalue weighted by Crippen LogP contribution is -2.26. The molecule has 6 nitrogen and oxygen atoms in total. The standard InChI is InChI=1S/C20H22N2O4/c1-14-4-10-17(11-5-14)26-13-19(23)21-15-6-8-16(9-7-15)22-20(24)18-3-2-12-25-18/h4-11,18H,2-3,12-13H2,1H3,(H,21,23)(H,22,24). The van der Waals surface area contributed by atoms with Gasteiger partial charge in [-0.05, 0) is 56.2 Å². The van der Waals surface area contributed by atoms with E-state index in [1.165, 1.54) is 0 Å². The van der Waals surface area contributed by atoms with Gasteiger partial charge in [0.1, 0.15) is 11.9 Å². The summed E-state index contributed by atoms with van der Waals surface area (Å²) < 4.78 is 10.8. The van der Waals surface area contributed by atoms with Gasteiger partial charge in [0.25, 0.3) is 11.8 Å². The minimum absolute atomic E-state index is 0.0689. The highest BCUT2D eigenvalue weighted by Gasteiger charge is 2.23. The number of hydrogen-bond acceptors (Lipinski definition) is 4. The summed E-state index contributed by atoms with van der Waals surface area (Å²) in [4.78, 5) is 24.0. The normalized spacial score (nSPS) is 16.1. The van der Waals surface area contributed by atoms with Crippen LogP contribution in [0.15, 0.2) is 48.5 Å². The van der Waals surface area contributed by atoms with Crippen LogP contribution in [0.3, 0.4) is 0 Å². The van der Waals surface area contributed by atoms with Crippen molar-refractivity contribution in [2.45, 2.75) is 25.9 Å². The third kappa shape index (κ3) is 5.07. The Morgan fingerprint density at radius 3 is 2.31 bits per heavy atom. The number of benzene rings is 2. The largest absolute Gasteiger partial charge is 0.484 e. The Morgan fingerprint density at radius 1 is 1.04 bits per heavy atom. The van der Waals surface area contributed by atoms with Crippen LogP contribution >= 0.6 is 0 Å². The Morgan fingerprint density at radius 2 is 1.69 bits per heavy atom. The molecule has 3 rings (SSSR count). The number of rotatable bonds is 6. The second kappa shape index (κ2) is 8.49. The Bertz CT molecular complexity index is 750. The molecule has 26 heavy (non-hydrogen) atoms. The van der Waals surface area contributed by atoms with Crippen molar-refractivity contribution in [2.75, 3.05) is 23.8 Å². The van der Waals surface area contributed by atoms with Crippen LogP contribution in [-0.4, -0.2) is 31.1 Å². The van der Waals surface area contributed by atoms with Gasteiger partial charge in [-0.3, -0.25) is 9.59 Å². The highest BCUT2D eigenvalue weighted by molar-refractivity contribution is 5.95. The third-order valence-corrected chi connectivity index (χ3v) is 4.05. The maximum atomic E-state index is 12.0. The van der Waals surface area contributed by atoms with Crippen LogP contribution in [0.5, 0.6) is 5.75 Å². The number of hydrogen-bond donors (Lipinski definition) is 2. The van der Waals surface area contributed by atoms with E-state index in [9.17, 15) is 9.59 Å². The first-order chi connectivity index (χ1) is 12.6. The average molecular weight is 354 g/mol. The molecule has 0 spiro atoms. The van der Waals surface area contributed by atoms with Gasteiger partial charge in [0.05, 0.1) is 0 Å². The van der Waals surface area contributed by atoms with E-state index in [2.05, 4.69) is 10.6 Å². The van der Waals surface area contributed by atoms with Crippen LogP contribution in [0.25, 0.3) is 0 Å². The molecular formula is C20H22N2O4. The van der Waals surface area contributed by atoms with Gasteiger partial charge in [-0.1, -0.05) is 17.7 Å². The maximum Gasteiger partial charge on any atom is 0.262 e. The second-order valence-corrected chi connectivity index (χ2v) is 6.22. The van der Waals surface area contributed by atoms with Gasteiger partial charge >= 0.3 is 0 Å². The smallest absolute Gasteiger partial charge is 0.262 e. The molecule has 1 aliphatic heterocycles. The van der Waals surface area contributed by atoms with Gasteiger partial charge in [-0.2, -0.15) is 0 Å². The molecule has 1 aliphatic rings. The maximum absolute atomic E-state index is 12.0. The predicted octanol–water partition coefficient (Wildman–Crippen LogP) is 3.13. The van der Waals surface area contributed by atoms with Crippen LogP contribution in [0.1, 0.15) is 18.4 Å². The van der Waals surface area contributed by atoms with Crippen molar-refractivity contribution >= 4 is 23.2 Å². The van der Waals surface area contributed by atoms with Crippen molar-refractivity contribution in [3.8, 4) is 5.75 Å². The first kappa shape index (κ1) is 17.9. The quantitative estimate of drug-likeness (QED) is 0.836. The first-order valence-corrected chi connectivity index (χ1v) is 8.62. The minimum Gasteiger partial charge on any atom is -0.484 e. The van der Waals surface area contributed by atoms with Crippen molar-refractivity contribution in [1.82, 2.24) is 0 Å². The van der Waals surface area contributed by atoms with Gasteiger partial charge in [0, 0.05) is 18.0 Å². The Balaban J connectivity index is 1.46. The summed E-state index contributed by atoms with van der Waals surface area (Å²) in [6.07, 6.45) is 1.29. The van der Waals surface area contributed by atoms with E-state index in [1.54, 1.807) is 24.3 Å². The molecule has 0 radical (unpaired) electrons. The van der Waals surface area contributed by atoms with Gasteiger partial charge < -0.3 is 20.1 Å². The Labute approximate surface area is 152 Å². The highest BCUT2D eigenvalue weighted by atomic mass is 16.5. The number of aryl methyl sites for hydroxylation is 1. The Hall–Kier alpha value is -2.86. The lowest BCUT2D eigenvalue weighted by atomic mass is 10.2. The summed E-state index contributed by atoms with van der Waals surface area (Å²) in [5, 5.41) is 5.57. The molecule has 1 unspecified atom stereocenters. The zero-order valence-electron chi connectivity index (χ0n) is 14.7. The van der Waals surface area contributed by atoms with Crippen molar-refractivity contribution in [3.63, 3.8) is 0 Å². The molecule has 1 heterocycles. The highest BCUT2D eigenvalue weighted by Crippen LogP contribution is 2.17. The monoisotopic (exact) mass is 354 g/mol. The molecule has 1 atom stereocenters. The topological polar surface area (TPSA) is 76.7 Å². The number of nitrogens with one attached hydrogen (secondary N) is 2. The predicted molar refractivity (Wildman–Crippen MR) is 99.3 cm³/mol. The summed E-state index contributed by atoms with van der Waals surface area (Å²) in [5.41, 5.74) is 2.44. The zero-order valence-corrected chi connectivity index (χ0v) is 14.7. The summed E-state index contributed by atoms with van der Waals surface area (Å²) in [5.74, 6) is 0.269. The summed E-state index contributed by atoms with van der Waals surface area (Å²) in [6.45, 7) is 2.55. The molecule has 0 aliphatic carbocycles. The van der Waals surface area contributed by atoms with E-state index in [0.29, 0.717) is 23.7 Å². The van der Waals surface area contributed by atoms with Gasteiger partial charge in [-0.15, -0.1) is 0 Å². The van der Waals surface area contributed by atoms with Crippen LogP contribution in [0, 0.1) is 6.92 Å². The number of anilines is 2. The molecule has 2 N–H and O–H groups in total. The molecule has 2 amide bonds. The average Bonchev–Trinajstić information content (AvgIpc) is 3.18. The van der Waals surface area contributed by atoms with E-state index >= 15 is 0 Å². The van der Waals surface area contributed by atoms with Gasteiger partial charge in [-0.25, -0.2) is 0 Å². The third-order valence-electron chi connectivity index (χ3n) is 4.05. The molecular weight excluding hydrogens is 332 g/mol. The summed E-state index contributed by atoms with van der Waals surface area (Å²) in [6, 6.07) is 14.5. The number of amides is 2. The van der Waals surface area contributed by atoms with E-state index in [4.69, 9.17) is 9.47 Å². The lowest BCUT2D eigenvalue weighted by Gasteiger charge is -2.11. The molecule has 0 saturated carbocycles. The second-order valence-electron chi connectivity index (χ2n) is 6.22.